The first-order valence-electron chi connectivity index (χ1n) is 10.4. The van der Waals surface area contributed by atoms with Crippen molar-refractivity contribution in [2.45, 2.75) is 24.5 Å². The standard InChI is InChI=1S/C24H25N3O3S2/c1-2-15-25-32(29,30)16-17-11-13-18(14-12-17)26-23(28)19-7-3-4-8-20(19)24-27-21-9-5-6-10-22(21)31-24/h2-6,9-14,19-20,25H,1,7-8,15-16H2,(H,26,28). The molecule has 1 aliphatic carbocycles. The first kappa shape index (κ1) is 22.4. The maximum atomic E-state index is 13.1. The minimum absolute atomic E-state index is 0.0396. The second-order valence-corrected chi connectivity index (χ2v) is 10.6. The lowest BCUT2D eigenvalue weighted by molar-refractivity contribution is -0.120. The number of hydrogen-bond acceptors (Lipinski definition) is 5. The number of benzene rings is 2. The number of thiazole rings is 1. The van der Waals surface area contributed by atoms with E-state index in [1.165, 1.54) is 6.08 Å². The molecule has 6 nitrogen and oxygen atoms in total. The van der Waals surface area contributed by atoms with Gasteiger partial charge in [-0.25, -0.2) is 18.1 Å². The summed E-state index contributed by atoms with van der Waals surface area (Å²) in [5.74, 6) is -0.338. The third-order valence-corrected chi connectivity index (χ3v) is 7.91. The summed E-state index contributed by atoms with van der Waals surface area (Å²) in [6.45, 7) is 3.71. The van der Waals surface area contributed by atoms with Crippen LogP contribution < -0.4 is 10.0 Å². The van der Waals surface area contributed by atoms with Gasteiger partial charge in [0, 0.05) is 18.2 Å². The molecule has 1 aliphatic rings. The van der Waals surface area contributed by atoms with E-state index in [9.17, 15) is 13.2 Å². The number of amides is 1. The van der Waals surface area contributed by atoms with Crippen LogP contribution >= 0.6 is 11.3 Å². The van der Waals surface area contributed by atoms with Crippen molar-refractivity contribution >= 4 is 43.2 Å². The summed E-state index contributed by atoms with van der Waals surface area (Å²) in [6, 6.07) is 14.9. The summed E-state index contributed by atoms with van der Waals surface area (Å²) in [7, 11) is -3.42. The van der Waals surface area contributed by atoms with Crippen LogP contribution in [0.1, 0.15) is 29.3 Å². The Balaban J connectivity index is 1.45. The first-order valence-corrected chi connectivity index (χ1v) is 12.9. The summed E-state index contributed by atoms with van der Waals surface area (Å²) >= 11 is 1.65. The molecule has 0 fully saturated rings. The zero-order chi connectivity index (χ0) is 22.6. The second kappa shape index (κ2) is 9.77. The summed E-state index contributed by atoms with van der Waals surface area (Å²) < 4.78 is 27.6. The molecular weight excluding hydrogens is 442 g/mol. The third-order valence-electron chi connectivity index (χ3n) is 5.42. The van der Waals surface area contributed by atoms with E-state index in [-0.39, 0.29) is 30.0 Å². The van der Waals surface area contributed by atoms with Gasteiger partial charge in [-0.1, -0.05) is 42.5 Å². The average Bonchev–Trinajstić information content (AvgIpc) is 3.23. The number of nitrogens with zero attached hydrogens (tertiary/aromatic N) is 1. The van der Waals surface area contributed by atoms with E-state index in [0.29, 0.717) is 17.7 Å². The fourth-order valence-electron chi connectivity index (χ4n) is 3.80. The van der Waals surface area contributed by atoms with Crippen LogP contribution in [0.3, 0.4) is 0 Å². The number of nitrogens with one attached hydrogen (secondary N) is 2. The van der Waals surface area contributed by atoms with Crippen molar-refractivity contribution < 1.29 is 13.2 Å². The van der Waals surface area contributed by atoms with E-state index in [1.54, 1.807) is 35.6 Å². The largest absolute Gasteiger partial charge is 0.326 e. The maximum absolute atomic E-state index is 13.1. The number of carbonyl (C=O) groups excluding carboxylic acids is 1. The number of rotatable bonds is 8. The zero-order valence-corrected chi connectivity index (χ0v) is 19.2. The van der Waals surface area contributed by atoms with Gasteiger partial charge in [0.05, 0.1) is 26.9 Å². The van der Waals surface area contributed by atoms with Crippen molar-refractivity contribution in [2.24, 2.45) is 5.92 Å². The van der Waals surface area contributed by atoms with Crippen LogP contribution in [0.2, 0.25) is 0 Å². The molecule has 0 spiro atoms. The SMILES string of the molecule is C=CCNS(=O)(=O)Cc1ccc(NC(=O)C2CC=CCC2c2nc3ccccc3s2)cc1. The highest BCUT2D eigenvalue weighted by Gasteiger charge is 2.32. The molecule has 1 amide bonds. The number of fused-ring (bicyclic) bond motifs is 1. The minimum atomic E-state index is -3.42. The molecule has 8 heteroatoms. The predicted octanol–water partition coefficient (Wildman–Crippen LogP) is 4.59. The quantitative estimate of drug-likeness (QED) is 0.474. The molecule has 0 radical (unpaired) electrons. The maximum Gasteiger partial charge on any atom is 0.228 e. The van der Waals surface area contributed by atoms with Gasteiger partial charge in [-0.05, 0) is 42.7 Å². The Morgan fingerprint density at radius 1 is 1.12 bits per heavy atom. The Morgan fingerprint density at radius 2 is 1.88 bits per heavy atom. The smallest absolute Gasteiger partial charge is 0.228 e. The van der Waals surface area contributed by atoms with Crippen LogP contribution in [0.15, 0.2) is 73.3 Å². The van der Waals surface area contributed by atoms with Crippen molar-refractivity contribution in [3.8, 4) is 0 Å². The van der Waals surface area contributed by atoms with Crippen LogP contribution in [0.5, 0.6) is 0 Å². The van der Waals surface area contributed by atoms with E-state index >= 15 is 0 Å². The van der Waals surface area contributed by atoms with Gasteiger partial charge in [0.25, 0.3) is 0 Å². The van der Waals surface area contributed by atoms with Gasteiger partial charge in [0.1, 0.15) is 0 Å². The number of allylic oxidation sites excluding steroid dienone is 2. The first-order chi connectivity index (χ1) is 15.4. The number of aromatic nitrogens is 1. The molecule has 0 aliphatic heterocycles. The van der Waals surface area contributed by atoms with Gasteiger partial charge in [-0.2, -0.15) is 0 Å². The van der Waals surface area contributed by atoms with Crippen molar-refractivity contribution in [1.29, 1.82) is 0 Å². The van der Waals surface area contributed by atoms with Crippen LogP contribution in [0.25, 0.3) is 10.2 Å². The summed E-state index contributed by atoms with van der Waals surface area (Å²) in [6.07, 6.45) is 7.12. The lowest BCUT2D eigenvalue weighted by Gasteiger charge is -2.26. The number of hydrogen-bond donors (Lipinski definition) is 2. The van der Waals surface area contributed by atoms with Crippen molar-refractivity contribution in [2.75, 3.05) is 11.9 Å². The molecular formula is C24H25N3O3S2. The molecule has 1 aromatic heterocycles. The van der Waals surface area contributed by atoms with E-state index < -0.39 is 10.0 Å². The lowest BCUT2D eigenvalue weighted by atomic mass is 9.82. The van der Waals surface area contributed by atoms with Gasteiger partial charge < -0.3 is 5.32 Å². The Morgan fingerprint density at radius 3 is 2.62 bits per heavy atom. The lowest BCUT2D eigenvalue weighted by Crippen LogP contribution is -2.29. The highest BCUT2D eigenvalue weighted by Crippen LogP contribution is 2.39. The highest BCUT2D eigenvalue weighted by molar-refractivity contribution is 7.88. The predicted molar refractivity (Wildman–Crippen MR) is 130 cm³/mol. The normalized spacial score (nSPS) is 18.5. The molecule has 32 heavy (non-hydrogen) atoms. The molecule has 4 rings (SSSR count). The molecule has 2 unspecified atom stereocenters. The van der Waals surface area contributed by atoms with Gasteiger partial charge >= 0.3 is 0 Å². The van der Waals surface area contributed by atoms with E-state index in [4.69, 9.17) is 4.98 Å². The topological polar surface area (TPSA) is 88.2 Å². The van der Waals surface area contributed by atoms with E-state index in [0.717, 1.165) is 21.6 Å². The van der Waals surface area contributed by atoms with Gasteiger partial charge in [0.2, 0.25) is 15.9 Å². The monoisotopic (exact) mass is 467 g/mol. The molecule has 3 aromatic rings. The van der Waals surface area contributed by atoms with Crippen LogP contribution in [-0.2, 0) is 20.6 Å². The van der Waals surface area contributed by atoms with Crippen molar-refractivity contribution in [1.82, 2.24) is 9.71 Å². The van der Waals surface area contributed by atoms with Crippen molar-refractivity contribution in [3.63, 3.8) is 0 Å². The number of anilines is 1. The Hall–Kier alpha value is -2.81. The zero-order valence-electron chi connectivity index (χ0n) is 17.5. The molecule has 1 heterocycles. The molecule has 0 saturated carbocycles. The average molecular weight is 468 g/mol. The molecule has 2 N–H and O–H groups in total. The van der Waals surface area contributed by atoms with Crippen LogP contribution in [0.4, 0.5) is 5.69 Å². The summed E-state index contributed by atoms with van der Waals surface area (Å²) in [5.41, 5.74) is 2.26. The Labute approximate surface area is 192 Å². The Kier molecular flexibility index (Phi) is 6.83. The minimum Gasteiger partial charge on any atom is -0.326 e. The van der Waals surface area contributed by atoms with Gasteiger partial charge in [0.15, 0.2) is 0 Å². The number of para-hydroxylation sites is 1. The van der Waals surface area contributed by atoms with E-state index in [2.05, 4.69) is 34.8 Å². The summed E-state index contributed by atoms with van der Waals surface area (Å²) in [4.78, 5) is 17.9. The molecule has 0 saturated heterocycles. The summed E-state index contributed by atoms with van der Waals surface area (Å²) in [5, 5.41) is 3.98. The third kappa shape index (κ3) is 5.32. The second-order valence-electron chi connectivity index (χ2n) is 7.76. The number of carbonyl (C=O) groups is 1. The van der Waals surface area contributed by atoms with Crippen LogP contribution in [0, 0.1) is 5.92 Å². The molecule has 2 atom stereocenters. The van der Waals surface area contributed by atoms with Crippen molar-refractivity contribution in [3.05, 3.63) is 83.9 Å². The van der Waals surface area contributed by atoms with E-state index in [1.807, 2.05) is 18.2 Å². The van der Waals surface area contributed by atoms with Gasteiger partial charge in [-0.15, -0.1) is 17.9 Å². The van der Waals surface area contributed by atoms with Crippen LogP contribution in [-0.4, -0.2) is 25.9 Å². The fourth-order valence-corrected chi connectivity index (χ4v) is 6.05. The molecule has 166 valence electrons. The Bertz CT molecular complexity index is 1210. The van der Waals surface area contributed by atoms with Gasteiger partial charge in [-0.3, -0.25) is 4.79 Å². The fraction of sp³-hybridized carbons (Fsp3) is 0.250. The molecule has 2 aromatic carbocycles. The molecule has 0 bridgehead atoms. The number of sulfonamides is 1. The highest BCUT2D eigenvalue weighted by atomic mass is 32.2.